The highest BCUT2D eigenvalue weighted by Gasteiger charge is 2.22. The summed E-state index contributed by atoms with van der Waals surface area (Å²) in [5.74, 6) is 0.387. The van der Waals surface area contributed by atoms with E-state index in [9.17, 15) is 4.79 Å². The number of pyridine rings is 1. The number of hydrogen-bond acceptors (Lipinski definition) is 7. The Kier molecular flexibility index (Phi) is 7.62. The van der Waals surface area contributed by atoms with Crippen molar-refractivity contribution in [1.29, 1.82) is 5.41 Å². The molecule has 0 spiro atoms. The molecule has 1 atom stereocenters. The van der Waals surface area contributed by atoms with Gasteiger partial charge in [-0.2, -0.15) is 0 Å². The Labute approximate surface area is 176 Å². The molecule has 0 radical (unpaired) electrons. The summed E-state index contributed by atoms with van der Waals surface area (Å²) >= 11 is 0. The second kappa shape index (κ2) is 10.6. The van der Waals surface area contributed by atoms with Gasteiger partial charge in [0.25, 0.3) is 0 Å². The molecule has 0 bridgehead atoms. The maximum Gasteiger partial charge on any atom is 0.338 e. The fourth-order valence-corrected chi connectivity index (χ4v) is 3.38. The lowest BCUT2D eigenvalue weighted by Crippen LogP contribution is -2.41. The molecule has 1 saturated heterocycles. The predicted molar refractivity (Wildman–Crippen MR) is 113 cm³/mol. The quantitative estimate of drug-likeness (QED) is 0.370. The zero-order valence-electron chi connectivity index (χ0n) is 17.2. The summed E-state index contributed by atoms with van der Waals surface area (Å²) in [5.41, 5.74) is 6.47. The van der Waals surface area contributed by atoms with Crippen LogP contribution in [0.2, 0.25) is 0 Å². The Morgan fingerprint density at radius 2 is 1.93 bits per heavy atom. The monoisotopic (exact) mass is 412 g/mol. The Hall–Kier alpha value is -3.13. The number of benzene rings is 1. The molecule has 0 amide bonds. The second-order valence-corrected chi connectivity index (χ2v) is 7.20. The lowest BCUT2D eigenvalue weighted by atomic mass is 10.1. The SMILES string of the molecule is COc1ccc(C(=O)OC(COc2ncccc2C(=N)N)CN2CCCCC2)cc1. The van der Waals surface area contributed by atoms with E-state index in [4.69, 9.17) is 25.4 Å². The first-order valence-electron chi connectivity index (χ1n) is 10.1. The number of rotatable bonds is 9. The van der Waals surface area contributed by atoms with Crippen LogP contribution in [-0.2, 0) is 4.74 Å². The van der Waals surface area contributed by atoms with E-state index in [2.05, 4.69) is 9.88 Å². The lowest BCUT2D eigenvalue weighted by molar-refractivity contribution is 0.00333. The average Bonchev–Trinajstić information content (AvgIpc) is 2.78. The zero-order valence-corrected chi connectivity index (χ0v) is 17.2. The molecule has 1 unspecified atom stereocenters. The predicted octanol–water partition coefficient (Wildman–Crippen LogP) is 2.46. The Morgan fingerprint density at radius 1 is 1.20 bits per heavy atom. The van der Waals surface area contributed by atoms with Crippen LogP contribution in [0.1, 0.15) is 35.2 Å². The van der Waals surface area contributed by atoms with Gasteiger partial charge in [-0.05, 0) is 62.3 Å². The van der Waals surface area contributed by atoms with Gasteiger partial charge in [0.1, 0.15) is 24.3 Å². The van der Waals surface area contributed by atoms with E-state index in [1.807, 2.05) is 0 Å². The molecule has 1 aliphatic rings. The molecule has 30 heavy (non-hydrogen) atoms. The highest BCUT2D eigenvalue weighted by Crippen LogP contribution is 2.17. The number of nitrogens with two attached hydrogens (primary N) is 1. The van der Waals surface area contributed by atoms with Crippen molar-refractivity contribution in [2.24, 2.45) is 5.73 Å². The third kappa shape index (κ3) is 5.93. The minimum absolute atomic E-state index is 0.121. The largest absolute Gasteiger partial charge is 0.497 e. The molecule has 8 heteroatoms. The van der Waals surface area contributed by atoms with Crippen LogP contribution in [-0.4, -0.2) is 61.1 Å². The average molecular weight is 412 g/mol. The summed E-state index contributed by atoms with van der Waals surface area (Å²) in [7, 11) is 1.58. The smallest absolute Gasteiger partial charge is 0.338 e. The van der Waals surface area contributed by atoms with E-state index in [1.54, 1.807) is 49.7 Å². The van der Waals surface area contributed by atoms with Crippen LogP contribution in [0.4, 0.5) is 0 Å². The van der Waals surface area contributed by atoms with Crippen molar-refractivity contribution < 1.29 is 19.0 Å². The summed E-state index contributed by atoms with van der Waals surface area (Å²) in [6.45, 7) is 2.64. The highest BCUT2D eigenvalue weighted by molar-refractivity contribution is 5.97. The Bertz CT molecular complexity index is 850. The highest BCUT2D eigenvalue weighted by atomic mass is 16.6. The maximum absolute atomic E-state index is 12.7. The van der Waals surface area contributed by atoms with Crippen molar-refractivity contribution in [1.82, 2.24) is 9.88 Å². The first-order valence-corrected chi connectivity index (χ1v) is 10.1. The molecule has 8 nitrogen and oxygen atoms in total. The summed E-state index contributed by atoms with van der Waals surface area (Å²) in [4.78, 5) is 19.1. The number of nitrogens with one attached hydrogen (secondary N) is 1. The standard InChI is InChI=1S/C22H28N4O4/c1-28-17-9-7-16(8-10-17)22(27)30-18(14-26-12-3-2-4-13-26)15-29-21-19(20(23)24)6-5-11-25-21/h5-11,18H,2-4,12-15H2,1H3,(H3,23,24). The molecule has 3 rings (SSSR count). The molecule has 3 N–H and O–H groups in total. The number of carbonyl (C=O) groups excluding carboxylic acids is 1. The number of nitrogens with zero attached hydrogens (tertiary/aromatic N) is 2. The lowest BCUT2D eigenvalue weighted by Gasteiger charge is -2.30. The minimum Gasteiger partial charge on any atom is -0.497 e. The van der Waals surface area contributed by atoms with Crippen molar-refractivity contribution in [3.63, 3.8) is 0 Å². The van der Waals surface area contributed by atoms with Gasteiger partial charge in [-0.3, -0.25) is 10.3 Å². The number of ether oxygens (including phenoxy) is 3. The summed E-state index contributed by atoms with van der Waals surface area (Å²) in [5, 5.41) is 7.68. The van der Waals surface area contributed by atoms with Crippen molar-refractivity contribution in [3.05, 3.63) is 53.7 Å². The fraction of sp³-hybridized carbons (Fsp3) is 0.409. The molecule has 0 saturated carbocycles. The van der Waals surface area contributed by atoms with E-state index >= 15 is 0 Å². The Balaban J connectivity index is 1.69. The molecular formula is C22H28N4O4. The molecule has 1 aromatic heterocycles. The second-order valence-electron chi connectivity index (χ2n) is 7.20. The van der Waals surface area contributed by atoms with Crippen LogP contribution in [0, 0.1) is 5.41 Å². The topological polar surface area (TPSA) is 111 Å². The molecule has 2 aromatic rings. The minimum atomic E-state index is -0.487. The van der Waals surface area contributed by atoms with Gasteiger partial charge < -0.3 is 19.9 Å². The van der Waals surface area contributed by atoms with Crippen molar-refractivity contribution >= 4 is 11.8 Å². The molecule has 2 heterocycles. The van der Waals surface area contributed by atoms with E-state index < -0.39 is 12.1 Å². The first-order chi connectivity index (χ1) is 14.6. The number of carbonyl (C=O) groups is 1. The number of amidine groups is 1. The molecule has 160 valence electrons. The van der Waals surface area contributed by atoms with Crippen LogP contribution in [0.15, 0.2) is 42.6 Å². The molecular weight excluding hydrogens is 384 g/mol. The van der Waals surface area contributed by atoms with E-state index in [-0.39, 0.29) is 18.3 Å². The third-order valence-electron chi connectivity index (χ3n) is 4.98. The zero-order chi connectivity index (χ0) is 21.3. The van der Waals surface area contributed by atoms with Crippen LogP contribution in [0.5, 0.6) is 11.6 Å². The van der Waals surface area contributed by atoms with E-state index in [0.717, 1.165) is 25.9 Å². The van der Waals surface area contributed by atoms with Gasteiger partial charge in [-0.25, -0.2) is 9.78 Å². The number of hydrogen-bond donors (Lipinski definition) is 2. The number of aromatic nitrogens is 1. The fourth-order valence-electron chi connectivity index (χ4n) is 3.38. The number of methoxy groups -OCH3 is 1. The van der Waals surface area contributed by atoms with E-state index in [0.29, 0.717) is 23.4 Å². The molecule has 1 aromatic carbocycles. The van der Waals surface area contributed by atoms with Gasteiger partial charge >= 0.3 is 5.97 Å². The first kappa shape index (κ1) is 21.6. The van der Waals surface area contributed by atoms with Gasteiger partial charge in [-0.15, -0.1) is 0 Å². The van der Waals surface area contributed by atoms with Crippen molar-refractivity contribution in [3.8, 4) is 11.6 Å². The summed E-state index contributed by atoms with van der Waals surface area (Å²) < 4.78 is 16.7. The molecule has 1 aliphatic heterocycles. The maximum atomic E-state index is 12.7. The van der Waals surface area contributed by atoms with Crippen molar-refractivity contribution in [2.45, 2.75) is 25.4 Å². The number of likely N-dealkylation sites (tertiary alicyclic amines) is 1. The van der Waals surface area contributed by atoms with Crippen molar-refractivity contribution in [2.75, 3.05) is 33.4 Å². The molecule has 1 fully saturated rings. The summed E-state index contributed by atoms with van der Waals surface area (Å²) in [6, 6.07) is 10.2. The molecule has 0 aliphatic carbocycles. The number of piperidine rings is 1. The summed E-state index contributed by atoms with van der Waals surface area (Å²) in [6.07, 6.45) is 4.58. The normalized spacial score (nSPS) is 15.2. The van der Waals surface area contributed by atoms with E-state index in [1.165, 1.54) is 6.42 Å². The van der Waals surface area contributed by atoms with Crippen LogP contribution >= 0.6 is 0 Å². The van der Waals surface area contributed by atoms with Gasteiger partial charge in [0, 0.05) is 12.7 Å². The Morgan fingerprint density at radius 3 is 2.60 bits per heavy atom. The van der Waals surface area contributed by atoms with Crippen LogP contribution in [0.25, 0.3) is 0 Å². The van der Waals surface area contributed by atoms with Crippen LogP contribution < -0.4 is 15.2 Å². The van der Waals surface area contributed by atoms with Gasteiger partial charge in [0.15, 0.2) is 0 Å². The van der Waals surface area contributed by atoms with Gasteiger partial charge in [-0.1, -0.05) is 6.42 Å². The van der Waals surface area contributed by atoms with Crippen LogP contribution in [0.3, 0.4) is 0 Å². The number of nitrogen functional groups attached to an aromatic ring is 1. The van der Waals surface area contributed by atoms with Gasteiger partial charge in [0.2, 0.25) is 5.88 Å². The van der Waals surface area contributed by atoms with Gasteiger partial charge in [0.05, 0.1) is 18.2 Å². The number of esters is 1. The third-order valence-corrected chi connectivity index (χ3v) is 4.98.